The molecule has 0 amide bonds. The van der Waals surface area contributed by atoms with Gasteiger partial charge in [0.05, 0.1) is 11.0 Å². The number of hydrogen-bond acceptors (Lipinski definition) is 5. The van der Waals surface area contributed by atoms with Crippen LogP contribution < -0.4 is 4.90 Å². The second-order valence-corrected chi connectivity index (χ2v) is 14.5. The molecule has 4 bridgehead atoms. The summed E-state index contributed by atoms with van der Waals surface area (Å²) < 4.78 is 8.43. The number of hydrogen-bond donors (Lipinski definition) is 0. The summed E-state index contributed by atoms with van der Waals surface area (Å²) in [6.45, 7) is 6.76. The number of benzene rings is 1. The minimum absolute atomic E-state index is 0.104. The summed E-state index contributed by atoms with van der Waals surface area (Å²) in [4.78, 5) is 23.8. The van der Waals surface area contributed by atoms with Gasteiger partial charge in [-0.3, -0.25) is 4.90 Å². The molecule has 5 fully saturated rings. The molecule has 39 heavy (non-hydrogen) atoms. The van der Waals surface area contributed by atoms with Gasteiger partial charge in [-0.1, -0.05) is 37.8 Å². The third-order valence-electron chi connectivity index (χ3n) is 10.7. The molecule has 3 saturated heterocycles. The quantitative estimate of drug-likeness (QED) is 0.402. The van der Waals surface area contributed by atoms with Crippen molar-refractivity contribution in [1.82, 2.24) is 14.5 Å². The van der Waals surface area contributed by atoms with Gasteiger partial charge in [0.1, 0.15) is 11.6 Å². The summed E-state index contributed by atoms with van der Waals surface area (Å²) in [5.74, 6) is 2.84. The van der Waals surface area contributed by atoms with E-state index < -0.39 is 5.60 Å². The number of rotatable bonds is 4. The lowest BCUT2D eigenvalue weighted by atomic mass is 9.68. The molecule has 7 rings (SSSR count). The number of ether oxygens (including phenoxy) is 1. The van der Waals surface area contributed by atoms with Crippen molar-refractivity contribution in [2.45, 2.75) is 140 Å². The van der Waals surface area contributed by atoms with Crippen LogP contribution in [0.1, 0.15) is 110 Å². The largest absolute Gasteiger partial charge is 0.458 e. The summed E-state index contributed by atoms with van der Waals surface area (Å²) in [5.41, 5.74) is 1.80. The van der Waals surface area contributed by atoms with Gasteiger partial charge in [-0.25, -0.2) is 9.78 Å². The van der Waals surface area contributed by atoms with Crippen molar-refractivity contribution in [2.24, 2.45) is 11.8 Å². The maximum absolute atomic E-state index is 13.3. The molecule has 2 aliphatic carbocycles. The zero-order valence-corrected chi connectivity index (χ0v) is 24.4. The minimum atomic E-state index is -0.479. The van der Waals surface area contributed by atoms with Crippen LogP contribution in [-0.4, -0.2) is 56.7 Å². The van der Waals surface area contributed by atoms with E-state index in [0.29, 0.717) is 18.1 Å². The molecule has 6 nitrogen and oxygen atoms in total. The third-order valence-corrected chi connectivity index (χ3v) is 10.7. The van der Waals surface area contributed by atoms with Gasteiger partial charge in [0.2, 0.25) is 5.95 Å². The Morgan fingerprint density at radius 2 is 1.51 bits per heavy atom. The van der Waals surface area contributed by atoms with Gasteiger partial charge in [0.15, 0.2) is 0 Å². The molecule has 0 spiro atoms. The highest BCUT2D eigenvalue weighted by atomic mass is 16.6. The SMILES string of the molecule is CC(C)(C)OC(=O)[C@H]1CCCN1c1nc2ccccc2n1[C@H]1C[C@H]2CCC[C@@H](C1)N2[C@H]1C[C@@H]2CCC[C@@H](C2)C1. The van der Waals surface area contributed by atoms with Crippen LogP contribution in [0.3, 0.4) is 0 Å². The van der Waals surface area contributed by atoms with Crippen molar-refractivity contribution >= 4 is 23.0 Å². The van der Waals surface area contributed by atoms with Gasteiger partial charge in [0, 0.05) is 30.7 Å². The van der Waals surface area contributed by atoms with Gasteiger partial charge >= 0.3 is 5.97 Å². The Balaban J connectivity index is 1.19. The number of carbonyl (C=O) groups is 1. The second-order valence-electron chi connectivity index (χ2n) is 14.5. The number of aromatic nitrogens is 2. The van der Waals surface area contributed by atoms with Crippen LogP contribution in [0.2, 0.25) is 0 Å². The highest BCUT2D eigenvalue weighted by Gasteiger charge is 2.46. The fourth-order valence-corrected chi connectivity index (χ4v) is 9.35. The fraction of sp³-hybridized carbons (Fsp3) is 0.758. The van der Waals surface area contributed by atoms with E-state index in [0.717, 1.165) is 48.7 Å². The molecule has 7 atom stereocenters. The fourth-order valence-electron chi connectivity index (χ4n) is 9.35. The van der Waals surface area contributed by atoms with Gasteiger partial charge in [0.25, 0.3) is 0 Å². The Morgan fingerprint density at radius 3 is 2.23 bits per heavy atom. The molecule has 4 heterocycles. The van der Waals surface area contributed by atoms with E-state index >= 15 is 0 Å². The van der Waals surface area contributed by atoms with E-state index in [-0.39, 0.29) is 12.0 Å². The topological polar surface area (TPSA) is 50.6 Å². The first-order chi connectivity index (χ1) is 18.8. The first kappa shape index (κ1) is 25.9. The molecule has 1 aromatic carbocycles. The lowest BCUT2D eigenvalue weighted by molar-refractivity contribution is -0.156. The predicted octanol–water partition coefficient (Wildman–Crippen LogP) is 6.87. The van der Waals surface area contributed by atoms with E-state index in [1.807, 2.05) is 20.8 Å². The van der Waals surface area contributed by atoms with E-state index in [1.54, 1.807) is 0 Å². The van der Waals surface area contributed by atoms with Crippen molar-refractivity contribution in [1.29, 1.82) is 0 Å². The molecule has 2 aromatic rings. The first-order valence-corrected chi connectivity index (χ1v) is 16.1. The number of imidazole rings is 1. The number of nitrogens with zero attached hydrogens (tertiary/aromatic N) is 4. The summed E-state index contributed by atoms with van der Waals surface area (Å²) >= 11 is 0. The molecule has 0 N–H and O–H groups in total. The molecule has 212 valence electrons. The van der Waals surface area contributed by atoms with Gasteiger partial charge < -0.3 is 14.2 Å². The normalized spacial score (nSPS) is 35.4. The van der Waals surface area contributed by atoms with Crippen molar-refractivity contribution < 1.29 is 9.53 Å². The Bertz CT molecular complexity index is 1170. The molecular formula is C33H48N4O2. The molecule has 1 aromatic heterocycles. The summed E-state index contributed by atoms with van der Waals surface area (Å²) in [6, 6.07) is 11.0. The van der Waals surface area contributed by atoms with Crippen molar-refractivity contribution in [3.05, 3.63) is 24.3 Å². The third kappa shape index (κ3) is 4.89. The zero-order chi connectivity index (χ0) is 26.7. The molecule has 6 heteroatoms. The smallest absolute Gasteiger partial charge is 0.329 e. The monoisotopic (exact) mass is 532 g/mol. The van der Waals surface area contributed by atoms with E-state index in [1.165, 1.54) is 76.1 Å². The van der Waals surface area contributed by atoms with Crippen molar-refractivity contribution in [3.63, 3.8) is 0 Å². The standard InChI is InChI=1S/C33H48N4O2/c1-33(2,3)39-31(38)30-15-8-16-35(30)32-34-28-13-4-5-14-29(28)37(32)27-20-24-11-7-12-25(21-27)36(24)26-18-22-9-6-10-23(17-22)19-26/h4-5,13-14,22-27,30H,6-12,15-21H2,1-3H3/t22-,23+,24-,25+,26+,27+,30-/m1/s1. The maximum Gasteiger partial charge on any atom is 0.329 e. The van der Waals surface area contributed by atoms with Crippen LogP contribution in [0.25, 0.3) is 11.0 Å². The van der Waals surface area contributed by atoms with Crippen molar-refractivity contribution in [2.75, 3.05) is 11.4 Å². The van der Waals surface area contributed by atoms with Crippen LogP contribution >= 0.6 is 0 Å². The van der Waals surface area contributed by atoms with Crippen LogP contribution in [0.15, 0.2) is 24.3 Å². The van der Waals surface area contributed by atoms with Crippen LogP contribution in [0, 0.1) is 11.8 Å². The Hall–Kier alpha value is -2.08. The molecule has 2 saturated carbocycles. The van der Waals surface area contributed by atoms with Crippen LogP contribution in [0.4, 0.5) is 5.95 Å². The number of carbonyl (C=O) groups excluding carboxylic acids is 1. The number of fused-ring (bicyclic) bond motifs is 5. The average Bonchev–Trinajstić information content (AvgIpc) is 3.52. The summed E-state index contributed by atoms with van der Waals surface area (Å²) in [5, 5.41) is 0. The number of anilines is 1. The van der Waals surface area contributed by atoms with E-state index in [9.17, 15) is 4.79 Å². The lowest BCUT2D eigenvalue weighted by Gasteiger charge is -2.55. The predicted molar refractivity (Wildman–Crippen MR) is 156 cm³/mol. The highest BCUT2D eigenvalue weighted by molar-refractivity contribution is 5.83. The maximum atomic E-state index is 13.3. The second kappa shape index (κ2) is 10.1. The molecule has 5 aliphatic rings. The van der Waals surface area contributed by atoms with Gasteiger partial charge in [-0.2, -0.15) is 0 Å². The molecule has 3 aliphatic heterocycles. The lowest BCUT2D eigenvalue weighted by Crippen LogP contribution is -2.58. The van der Waals surface area contributed by atoms with Crippen LogP contribution in [0.5, 0.6) is 0 Å². The highest BCUT2D eigenvalue weighted by Crippen LogP contribution is 2.48. The van der Waals surface area contributed by atoms with Gasteiger partial charge in [-0.15, -0.1) is 0 Å². The molecule has 0 unspecified atom stereocenters. The minimum Gasteiger partial charge on any atom is -0.458 e. The Kier molecular flexibility index (Phi) is 6.68. The van der Waals surface area contributed by atoms with Crippen LogP contribution in [-0.2, 0) is 9.53 Å². The Labute approximate surface area is 234 Å². The number of para-hydroxylation sites is 2. The van der Waals surface area contributed by atoms with Gasteiger partial charge in [-0.05, 0) is 103 Å². The number of esters is 1. The Morgan fingerprint density at radius 1 is 0.821 bits per heavy atom. The van der Waals surface area contributed by atoms with E-state index in [4.69, 9.17) is 9.72 Å². The zero-order valence-electron chi connectivity index (χ0n) is 24.4. The van der Waals surface area contributed by atoms with E-state index in [2.05, 4.69) is 38.6 Å². The first-order valence-electron chi connectivity index (χ1n) is 16.1. The number of piperidine rings is 2. The molecular weight excluding hydrogens is 484 g/mol. The summed E-state index contributed by atoms with van der Waals surface area (Å²) in [6.07, 6.45) is 17.1. The summed E-state index contributed by atoms with van der Waals surface area (Å²) in [7, 11) is 0. The van der Waals surface area contributed by atoms with Crippen molar-refractivity contribution in [3.8, 4) is 0 Å². The average molecular weight is 533 g/mol. The molecule has 0 radical (unpaired) electrons.